The molecule has 45 heavy (non-hydrogen) atoms. The van der Waals surface area contributed by atoms with Gasteiger partial charge in [0.2, 0.25) is 0 Å². The predicted octanol–water partition coefficient (Wildman–Crippen LogP) is 3.19. The molecule has 0 aliphatic carbocycles. The van der Waals surface area contributed by atoms with Gasteiger partial charge in [-0.25, -0.2) is 19.2 Å². The van der Waals surface area contributed by atoms with Crippen molar-refractivity contribution in [2.24, 2.45) is 0 Å². The van der Waals surface area contributed by atoms with Crippen LogP contribution in [-0.2, 0) is 36.9 Å². The lowest BCUT2D eigenvalue weighted by molar-refractivity contribution is -0.158. The summed E-state index contributed by atoms with van der Waals surface area (Å²) in [5.41, 5.74) is 0.691. The second-order valence-electron chi connectivity index (χ2n) is 12.0. The minimum atomic E-state index is -5.15. The van der Waals surface area contributed by atoms with E-state index in [1.54, 1.807) is 24.3 Å². The maximum atomic E-state index is 13.3. The number of carbonyl (C=O) groups excluding carboxylic acids is 4. The molecule has 0 aromatic rings. The van der Waals surface area contributed by atoms with Gasteiger partial charge in [0.25, 0.3) is 0 Å². The second-order valence-corrected chi connectivity index (χ2v) is 13.8. The molecule has 12 nitrogen and oxygen atoms in total. The summed E-state index contributed by atoms with van der Waals surface area (Å²) in [4.78, 5) is 61.1. The fourth-order valence-electron chi connectivity index (χ4n) is 3.39. The Morgan fingerprint density at radius 1 is 0.422 bits per heavy atom. The lowest BCUT2D eigenvalue weighted by Gasteiger charge is -2.25. The Bertz CT molecular complexity index is 937. The summed E-state index contributed by atoms with van der Waals surface area (Å²) < 4.78 is 22.5. The molecule has 0 bridgehead atoms. The van der Waals surface area contributed by atoms with E-state index in [1.807, 2.05) is 76.0 Å². The Kier molecular flexibility index (Phi) is 20.1. The van der Waals surface area contributed by atoms with Crippen molar-refractivity contribution in [2.45, 2.75) is 53.4 Å². The lowest BCUT2D eigenvalue weighted by atomic mass is 10.2. The molecule has 0 atom stereocenters. The molecule has 0 spiro atoms. The van der Waals surface area contributed by atoms with Gasteiger partial charge in [-0.1, -0.05) is 24.3 Å². The van der Waals surface area contributed by atoms with Gasteiger partial charge >= 0.3 is 32.9 Å². The lowest BCUT2D eigenvalue weighted by Crippen LogP contribution is -2.55. The fraction of sp³-hybridized carbons (Fsp3) is 0.625. The van der Waals surface area contributed by atoms with Gasteiger partial charge in [0.1, 0.15) is 0 Å². The van der Waals surface area contributed by atoms with E-state index in [0.717, 1.165) is 0 Å². The zero-order chi connectivity index (χ0) is 34.7. The van der Waals surface area contributed by atoms with E-state index in [1.165, 1.54) is 27.7 Å². The van der Waals surface area contributed by atoms with Crippen molar-refractivity contribution >= 4 is 32.9 Å². The predicted molar refractivity (Wildman–Crippen MR) is 178 cm³/mol. The Morgan fingerprint density at radius 3 is 0.756 bits per heavy atom. The molecule has 0 N–H and O–H groups in total. The van der Waals surface area contributed by atoms with E-state index in [0.29, 0.717) is 51.9 Å². The molecule has 0 heterocycles. The van der Waals surface area contributed by atoms with Gasteiger partial charge in [-0.2, -0.15) is 0 Å². The average Bonchev–Trinajstić information content (AvgIpc) is 2.91. The van der Waals surface area contributed by atoms with Crippen molar-refractivity contribution < 1.29 is 36.9 Å². The van der Waals surface area contributed by atoms with Crippen LogP contribution in [0.3, 0.4) is 0 Å². The molecule has 0 amide bonds. The fourth-order valence-corrected chi connectivity index (χ4v) is 5.19. The first-order valence-electron chi connectivity index (χ1n) is 15.1. The van der Waals surface area contributed by atoms with Crippen LogP contribution >= 0.6 is 0 Å². The third-order valence-corrected chi connectivity index (χ3v) is 8.01. The highest BCUT2D eigenvalue weighted by atomic mass is 28.4. The Labute approximate surface area is 271 Å². The maximum absolute atomic E-state index is 13.3. The van der Waals surface area contributed by atoms with Crippen molar-refractivity contribution in [2.75, 3.05) is 82.6 Å². The summed E-state index contributed by atoms with van der Waals surface area (Å²) in [6.07, 6.45) is 8.70. The SMILES string of the molecule is CC(=CCCN(C)C)C(=O)O[Si](OC(=O)C(C)=CCCN(C)C)(OC(=O)C(C)=CCCN(C)C)OC(=O)C(C)=CCCN(C)C. The molecule has 0 rings (SSSR count). The van der Waals surface area contributed by atoms with Crippen molar-refractivity contribution in [3.63, 3.8) is 0 Å². The van der Waals surface area contributed by atoms with Gasteiger partial charge in [0.15, 0.2) is 0 Å². The van der Waals surface area contributed by atoms with Crippen molar-refractivity contribution in [1.29, 1.82) is 0 Å². The number of hydrogen-bond acceptors (Lipinski definition) is 12. The molecule has 256 valence electrons. The molecule has 0 aliphatic heterocycles. The van der Waals surface area contributed by atoms with Crippen LogP contribution in [0.4, 0.5) is 0 Å². The normalized spacial score (nSPS) is 14.6. The average molecular weight is 653 g/mol. The van der Waals surface area contributed by atoms with E-state index in [9.17, 15) is 19.2 Å². The molecule has 0 aromatic carbocycles. The molecule has 0 aliphatic rings. The van der Waals surface area contributed by atoms with E-state index in [2.05, 4.69) is 0 Å². The van der Waals surface area contributed by atoms with E-state index >= 15 is 0 Å². The summed E-state index contributed by atoms with van der Waals surface area (Å²) >= 11 is 0. The highest BCUT2D eigenvalue weighted by Gasteiger charge is 2.63. The zero-order valence-electron chi connectivity index (χ0n) is 29.5. The summed E-state index contributed by atoms with van der Waals surface area (Å²) in [7, 11) is 10.0. The third kappa shape index (κ3) is 19.1. The van der Waals surface area contributed by atoms with E-state index < -0.39 is 32.9 Å². The second kappa shape index (κ2) is 21.6. The topological polar surface area (TPSA) is 118 Å². The van der Waals surface area contributed by atoms with Crippen molar-refractivity contribution in [1.82, 2.24) is 19.6 Å². The van der Waals surface area contributed by atoms with Gasteiger partial charge in [-0.05, 0) is 110 Å². The Hall–Kier alpha value is -3.10. The highest BCUT2D eigenvalue weighted by Crippen LogP contribution is 2.21. The van der Waals surface area contributed by atoms with Crippen LogP contribution in [0.1, 0.15) is 53.4 Å². The molecular formula is C32H56N4O8Si. The molecule has 0 saturated heterocycles. The first-order chi connectivity index (χ1) is 20.9. The molecule has 0 fully saturated rings. The first kappa shape index (κ1) is 41.9. The highest BCUT2D eigenvalue weighted by molar-refractivity contribution is 6.62. The third-order valence-electron chi connectivity index (χ3n) is 6.27. The molecule has 0 saturated carbocycles. The first-order valence-corrected chi connectivity index (χ1v) is 16.7. The maximum Gasteiger partial charge on any atom is 0.975 e. The van der Waals surface area contributed by atoms with Crippen LogP contribution in [0.25, 0.3) is 0 Å². The van der Waals surface area contributed by atoms with Crippen LogP contribution in [-0.4, -0.2) is 135 Å². The minimum absolute atomic E-state index is 0.173. The molecular weight excluding hydrogens is 596 g/mol. The van der Waals surface area contributed by atoms with Crippen LogP contribution < -0.4 is 0 Å². The number of hydrogen-bond donors (Lipinski definition) is 0. The van der Waals surface area contributed by atoms with Crippen LogP contribution in [0, 0.1) is 0 Å². The minimum Gasteiger partial charge on any atom is -0.419 e. The zero-order valence-corrected chi connectivity index (χ0v) is 30.5. The largest absolute Gasteiger partial charge is 0.975 e. The summed E-state index contributed by atoms with van der Waals surface area (Å²) in [6.45, 7) is 8.74. The van der Waals surface area contributed by atoms with Crippen LogP contribution in [0.15, 0.2) is 46.6 Å². The quantitative estimate of drug-likeness (QED) is 0.142. The molecule has 0 aromatic heterocycles. The standard InChI is InChI=1S/C32H56N4O8Si/c1-25(17-13-21-33(5)6)29(37)41-45(42-30(38)26(2)18-14-22-34(7)8,43-31(39)27(3)19-15-23-35(9)10)44-32(40)28(4)20-16-24-36(11)12/h17-20H,13-16,21-24H2,1-12H3. The monoisotopic (exact) mass is 652 g/mol. The number of nitrogens with zero attached hydrogens (tertiary/aromatic N) is 4. The smallest absolute Gasteiger partial charge is 0.419 e. The van der Waals surface area contributed by atoms with Gasteiger partial charge in [0, 0.05) is 48.5 Å². The molecule has 0 radical (unpaired) electrons. The summed E-state index contributed by atoms with van der Waals surface area (Å²) in [5.74, 6) is -3.75. The summed E-state index contributed by atoms with van der Waals surface area (Å²) in [5, 5.41) is 0. The number of rotatable bonds is 20. The van der Waals surface area contributed by atoms with Gasteiger partial charge < -0.3 is 37.3 Å². The molecule has 0 unspecified atom stereocenters. The summed E-state index contributed by atoms with van der Waals surface area (Å²) in [6, 6.07) is 0. The number of carbonyl (C=O) groups is 4. The van der Waals surface area contributed by atoms with Crippen LogP contribution in [0.2, 0.25) is 0 Å². The van der Waals surface area contributed by atoms with Gasteiger partial charge in [-0.3, -0.25) is 0 Å². The van der Waals surface area contributed by atoms with Gasteiger partial charge in [0.05, 0.1) is 0 Å². The van der Waals surface area contributed by atoms with E-state index in [4.69, 9.17) is 17.7 Å². The van der Waals surface area contributed by atoms with Crippen LogP contribution in [0.5, 0.6) is 0 Å². The molecule has 13 heteroatoms. The van der Waals surface area contributed by atoms with Crippen molar-refractivity contribution in [3.8, 4) is 0 Å². The van der Waals surface area contributed by atoms with Crippen molar-refractivity contribution in [3.05, 3.63) is 46.6 Å². The van der Waals surface area contributed by atoms with Gasteiger partial charge in [-0.15, -0.1) is 0 Å². The van der Waals surface area contributed by atoms with E-state index in [-0.39, 0.29) is 22.3 Å². The Morgan fingerprint density at radius 2 is 0.600 bits per heavy atom. The Balaban J connectivity index is 6.74.